The molecule has 4 N–H and O–H groups in total. The zero-order chi connectivity index (χ0) is 15.6. The van der Waals surface area contributed by atoms with Crippen LogP contribution in [0, 0.1) is 0 Å². The Morgan fingerprint density at radius 3 is 2.67 bits per heavy atom. The molecule has 0 aliphatic rings. The van der Waals surface area contributed by atoms with Gasteiger partial charge < -0.3 is 20.9 Å². The van der Waals surface area contributed by atoms with Gasteiger partial charge in [-0.25, -0.2) is 4.98 Å². The number of para-hydroxylation sites is 1. The van der Waals surface area contributed by atoms with Crippen LogP contribution in [-0.2, 0) is 0 Å². The first-order valence-corrected chi connectivity index (χ1v) is 6.63. The molecule has 112 valence electrons. The summed E-state index contributed by atoms with van der Waals surface area (Å²) >= 11 is 0. The number of rotatable bonds is 4. The zero-order valence-electron chi connectivity index (χ0n) is 12.4. The summed E-state index contributed by atoms with van der Waals surface area (Å²) in [5, 5.41) is 22.4. The summed E-state index contributed by atoms with van der Waals surface area (Å²) in [5.41, 5.74) is 6.66. The third-order valence-electron chi connectivity index (χ3n) is 3.72. The summed E-state index contributed by atoms with van der Waals surface area (Å²) in [6.45, 7) is 3.80. The highest BCUT2D eigenvalue weighted by Gasteiger charge is 2.24. The fraction of sp³-hybridized carbons (Fsp3) is 0.333. The topological polar surface area (TPSA) is 95.0 Å². The molecule has 0 aliphatic heterocycles. The van der Waals surface area contributed by atoms with Crippen molar-refractivity contribution in [2.75, 3.05) is 18.6 Å². The number of hydrogen-bond acceptors (Lipinski definition) is 5. The summed E-state index contributed by atoms with van der Waals surface area (Å²) in [4.78, 5) is 6.46. The Bertz CT molecular complexity index is 682. The Kier molecular flexibility index (Phi) is 3.99. The minimum absolute atomic E-state index is 0.0170. The van der Waals surface area contributed by atoms with Gasteiger partial charge in [-0.3, -0.25) is 0 Å². The number of benzene rings is 1. The first-order valence-electron chi connectivity index (χ1n) is 6.63. The highest BCUT2D eigenvalue weighted by Crippen LogP contribution is 2.26. The van der Waals surface area contributed by atoms with E-state index in [0.717, 1.165) is 10.9 Å². The molecular weight excluding hydrogens is 268 g/mol. The van der Waals surface area contributed by atoms with Crippen LogP contribution >= 0.6 is 0 Å². The number of oxime groups is 1. The average Bonchev–Trinajstić information content (AvgIpc) is 2.52. The number of aliphatic hydroxyl groups excluding tert-OH is 1. The van der Waals surface area contributed by atoms with Crippen molar-refractivity contribution in [2.45, 2.75) is 19.4 Å². The molecule has 1 heterocycles. The lowest BCUT2D eigenvalue weighted by atomic mass is 10.0. The molecule has 1 aromatic carbocycles. The van der Waals surface area contributed by atoms with Crippen LogP contribution in [0.15, 0.2) is 35.5 Å². The maximum absolute atomic E-state index is 9.51. The summed E-state index contributed by atoms with van der Waals surface area (Å²) < 4.78 is 0. The normalized spacial score (nSPS) is 12.7. The van der Waals surface area contributed by atoms with Crippen molar-refractivity contribution in [1.29, 1.82) is 0 Å². The number of aliphatic hydroxyl groups is 1. The van der Waals surface area contributed by atoms with E-state index < -0.39 is 5.54 Å². The van der Waals surface area contributed by atoms with Crippen LogP contribution in [-0.4, -0.2) is 40.3 Å². The van der Waals surface area contributed by atoms with E-state index in [0.29, 0.717) is 11.4 Å². The second-order valence-electron chi connectivity index (χ2n) is 5.56. The predicted molar refractivity (Wildman–Crippen MR) is 83.8 cm³/mol. The standard InChI is InChI=1S/C15H20N4O2/c1-15(2,9-20)19(3)13-8-11(14(16)18-21)10-6-4-5-7-12(10)17-13/h4-8,20-21H,9H2,1-3H3,(H2,16,18). The predicted octanol–water partition coefficient (Wildman–Crippen LogP) is 1.54. The largest absolute Gasteiger partial charge is 0.409 e. The van der Waals surface area contributed by atoms with E-state index in [9.17, 15) is 5.11 Å². The van der Waals surface area contributed by atoms with Gasteiger partial charge in [-0.1, -0.05) is 23.4 Å². The SMILES string of the molecule is CN(c1cc(/C(N)=N/O)c2ccccc2n1)C(C)(C)CO. The van der Waals surface area contributed by atoms with Crippen LogP contribution in [0.25, 0.3) is 10.9 Å². The molecule has 6 nitrogen and oxygen atoms in total. The van der Waals surface area contributed by atoms with Gasteiger partial charge in [-0.05, 0) is 26.0 Å². The number of likely N-dealkylation sites (N-methyl/N-ethyl adjacent to an activating group) is 1. The molecular formula is C15H20N4O2. The van der Waals surface area contributed by atoms with Gasteiger partial charge in [0.1, 0.15) is 5.82 Å². The van der Waals surface area contributed by atoms with E-state index in [2.05, 4.69) is 10.1 Å². The Morgan fingerprint density at radius 1 is 1.38 bits per heavy atom. The van der Waals surface area contributed by atoms with E-state index in [4.69, 9.17) is 10.9 Å². The van der Waals surface area contributed by atoms with Crippen LogP contribution in [0.1, 0.15) is 19.4 Å². The average molecular weight is 288 g/mol. The van der Waals surface area contributed by atoms with Crippen molar-refractivity contribution in [1.82, 2.24) is 4.98 Å². The van der Waals surface area contributed by atoms with Gasteiger partial charge in [-0.2, -0.15) is 0 Å². The molecule has 0 saturated heterocycles. The lowest BCUT2D eigenvalue weighted by Gasteiger charge is -2.35. The molecule has 2 rings (SSSR count). The number of pyridine rings is 1. The Balaban J connectivity index is 2.67. The fourth-order valence-electron chi connectivity index (χ4n) is 2.02. The van der Waals surface area contributed by atoms with Crippen molar-refractivity contribution in [3.63, 3.8) is 0 Å². The van der Waals surface area contributed by atoms with E-state index in [1.165, 1.54) is 0 Å². The molecule has 0 fully saturated rings. The summed E-state index contributed by atoms with van der Waals surface area (Å²) in [5.74, 6) is 0.680. The highest BCUT2D eigenvalue weighted by molar-refractivity contribution is 6.08. The Morgan fingerprint density at radius 2 is 2.05 bits per heavy atom. The van der Waals surface area contributed by atoms with Gasteiger partial charge in [0.2, 0.25) is 0 Å². The lowest BCUT2D eigenvalue weighted by molar-refractivity contribution is 0.215. The summed E-state index contributed by atoms with van der Waals surface area (Å²) in [6.07, 6.45) is 0. The van der Waals surface area contributed by atoms with Crippen LogP contribution < -0.4 is 10.6 Å². The van der Waals surface area contributed by atoms with Gasteiger partial charge in [0.25, 0.3) is 0 Å². The molecule has 0 atom stereocenters. The highest BCUT2D eigenvalue weighted by atomic mass is 16.4. The zero-order valence-corrected chi connectivity index (χ0v) is 12.4. The van der Waals surface area contributed by atoms with Crippen molar-refractivity contribution in [2.24, 2.45) is 10.9 Å². The Labute approximate surface area is 123 Å². The number of fused-ring (bicyclic) bond motifs is 1. The molecule has 0 bridgehead atoms. The third-order valence-corrected chi connectivity index (χ3v) is 3.72. The van der Waals surface area contributed by atoms with Crippen molar-refractivity contribution >= 4 is 22.6 Å². The number of aromatic nitrogens is 1. The molecule has 21 heavy (non-hydrogen) atoms. The minimum Gasteiger partial charge on any atom is -0.409 e. The van der Waals surface area contributed by atoms with Crippen molar-refractivity contribution in [3.8, 4) is 0 Å². The molecule has 2 aromatic rings. The lowest BCUT2D eigenvalue weighted by Crippen LogP contribution is -2.45. The molecule has 0 spiro atoms. The smallest absolute Gasteiger partial charge is 0.170 e. The molecule has 0 unspecified atom stereocenters. The first-order chi connectivity index (χ1) is 9.90. The van der Waals surface area contributed by atoms with Gasteiger partial charge in [0.15, 0.2) is 5.84 Å². The second kappa shape index (κ2) is 5.57. The van der Waals surface area contributed by atoms with Gasteiger partial charge >= 0.3 is 0 Å². The number of hydrogen-bond donors (Lipinski definition) is 3. The van der Waals surface area contributed by atoms with Gasteiger partial charge in [0, 0.05) is 18.0 Å². The van der Waals surface area contributed by atoms with Crippen LogP contribution in [0.2, 0.25) is 0 Å². The molecule has 0 saturated carbocycles. The summed E-state index contributed by atoms with van der Waals surface area (Å²) in [6, 6.07) is 9.25. The van der Waals surface area contributed by atoms with E-state index in [1.807, 2.05) is 50.1 Å². The monoisotopic (exact) mass is 288 g/mol. The quantitative estimate of drug-likeness (QED) is 0.343. The maximum atomic E-state index is 9.51. The van der Waals surface area contributed by atoms with Crippen LogP contribution in [0.4, 0.5) is 5.82 Å². The van der Waals surface area contributed by atoms with E-state index in [1.54, 1.807) is 6.07 Å². The number of nitrogens with zero attached hydrogens (tertiary/aromatic N) is 3. The first kappa shape index (κ1) is 15.1. The number of nitrogens with two attached hydrogens (primary N) is 1. The number of anilines is 1. The molecule has 0 amide bonds. The van der Waals surface area contributed by atoms with Crippen LogP contribution in [0.3, 0.4) is 0 Å². The van der Waals surface area contributed by atoms with Crippen molar-refractivity contribution < 1.29 is 10.3 Å². The second-order valence-corrected chi connectivity index (χ2v) is 5.56. The molecule has 0 radical (unpaired) electrons. The molecule has 0 aliphatic carbocycles. The van der Waals surface area contributed by atoms with E-state index >= 15 is 0 Å². The van der Waals surface area contributed by atoms with E-state index in [-0.39, 0.29) is 12.4 Å². The van der Waals surface area contributed by atoms with Gasteiger partial charge in [0.05, 0.1) is 17.7 Å². The fourth-order valence-corrected chi connectivity index (χ4v) is 2.02. The molecule has 6 heteroatoms. The third kappa shape index (κ3) is 2.75. The van der Waals surface area contributed by atoms with Crippen molar-refractivity contribution in [3.05, 3.63) is 35.9 Å². The maximum Gasteiger partial charge on any atom is 0.170 e. The molecule has 1 aromatic heterocycles. The summed E-state index contributed by atoms with van der Waals surface area (Å²) in [7, 11) is 1.85. The van der Waals surface area contributed by atoms with Crippen LogP contribution in [0.5, 0.6) is 0 Å². The number of amidine groups is 1. The minimum atomic E-state index is -0.474. The Hall–Kier alpha value is -2.34. The van der Waals surface area contributed by atoms with Gasteiger partial charge in [-0.15, -0.1) is 0 Å².